The first-order chi connectivity index (χ1) is 36.0. The molecule has 0 aliphatic heterocycles. The molecular weight excluding hydrogens is 929 g/mol. The normalized spacial score (nSPS) is 12.3. The maximum atomic E-state index is 6.49. The Kier molecular flexibility index (Phi) is 21.6. The fourth-order valence-corrected chi connectivity index (χ4v) is 9.09. The highest BCUT2D eigenvalue weighted by Crippen LogP contribution is 2.56. The lowest BCUT2D eigenvalue weighted by molar-refractivity contribution is -0.00195. The van der Waals surface area contributed by atoms with E-state index in [0.29, 0.717) is 105 Å². The molecule has 73 heavy (non-hydrogen) atoms. The Morgan fingerprint density at radius 3 is 0.795 bits per heavy atom. The molecule has 0 amide bonds. The summed E-state index contributed by atoms with van der Waals surface area (Å²) in [6.07, 6.45) is 1.32. The van der Waals surface area contributed by atoms with Gasteiger partial charge in [-0.15, -0.1) is 0 Å². The average Bonchev–Trinajstić information content (AvgIpc) is 3.70. The zero-order valence-corrected chi connectivity index (χ0v) is 43.3. The molecule has 0 atom stereocenters. The Bertz CT molecular complexity index is 2250. The van der Waals surface area contributed by atoms with Crippen LogP contribution in [0.25, 0.3) is 11.1 Å². The first-order valence-electron chi connectivity index (χ1n) is 24.9. The summed E-state index contributed by atoms with van der Waals surface area (Å²) >= 11 is 0. The van der Waals surface area contributed by atoms with Gasteiger partial charge in [0.2, 0.25) is 0 Å². The molecule has 6 aromatic carbocycles. The second-order valence-corrected chi connectivity index (χ2v) is 17.2. The Balaban J connectivity index is 1.29. The summed E-state index contributed by atoms with van der Waals surface area (Å²) in [6, 6.07) is 46.3. The highest BCUT2D eigenvalue weighted by Gasteiger charge is 2.44. The number of anilines is 6. The van der Waals surface area contributed by atoms with Gasteiger partial charge in [0, 0.05) is 67.0 Å². The predicted molar refractivity (Wildman–Crippen MR) is 286 cm³/mol. The van der Waals surface area contributed by atoms with Crippen LogP contribution in [0.5, 0.6) is 23.0 Å². The van der Waals surface area contributed by atoms with E-state index in [1.165, 1.54) is 11.1 Å². The third-order valence-electron chi connectivity index (χ3n) is 12.9. The second-order valence-electron chi connectivity index (χ2n) is 17.2. The minimum Gasteiger partial charge on any atom is -0.497 e. The minimum absolute atomic E-state index is 0.433. The molecule has 0 heterocycles. The molecule has 0 fully saturated rings. The topological polar surface area (TPSA) is 117 Å². The van der Waals surface area contributed by atoms with Crippen molar-refractivity contribution in [3.05, 3.63) is 145 Å². The fraction of sp³-hybridized carbons (Fsp3) is 0.390. The SMILES string of the molecule is COCCOCCOCCOCCC1(CCOCCOCCOCCOC)c2cc(N(c3ccc(OC)cc3)c3ccc(OC)cc3)ccc2-c2ccc(N(c3ccc(OC)cc3)c3ccc(OC)cc3)cc21. The summed E-state index contributed by atoms with van der Waals surface area (Å²) in [4.78, 5) is 4.54. The highest BCUT2D eigenvalue weighted by atomic mass is 16.6. The van der Waals surface area contributed by atoms with Gasteiger partial charge in [0.15, 0.2) is 0 Å². The van der Waals surface area contributed by atoms with Crippen LogP contribution in [-0.4, -0.2) is 135 Å². The van der Waals surface area contributed by atoms with E-state index >= 15 is 0 Å². The van der Waals surface area contributed by atoms with Gasteiger partial charge >= 0.3 is 0 Å². The molecule has 0 N–H and O–H groups in total. The lowest BCUT2D eigenvalue weighted by Crippen LogP contribution is -2.30. The van der Waals surface area contributed by atoms with Gasteiger partial charge in [0.05, 0.1) is 108 Å². The molecular formula is C59H72N2O12. The Labute approximate surface area is 431 Å². The molecule has 0 radical (unpaired) electrons. The van der Waals surface area contributed by atoms with Crippen molar-refractivity contribution >= 4 is 34.1 Å². The summed E-state index contributed by atoms with van der Waals surface area (Å²) in [5.74, 6) is 3.10. The number of fused-ring (bicyclic) bond motifs is 3. The molecule has 6 aromatic rings. The van der Waals surface area contributed by atoms with Crippen molar-refractivity contribution in [2.24, 2.45) is 0 Å². The van der Waals surface area contributed by atoms with E-state index in [1.807, 2.05) is 48.5 Å². The average molecular weight is 1000 g/mol. The van der Waals surface area contributed by atoms with Crippen molar-refractivity contribution in [2.45, 2.75) is 18.3 Å². The van der Waals surface area contributed by atoms with Gasteiger partial charge < -0.3 is 66.6 Å². The lowest BCUT2D eigenvalue weighted by atomic mass is 9.73. The van der Waals surface area contributed by atoms with Crippen molar-refractivity contribution in [1.82, 2.24) is 0 Å². The van der Waals surface area contributed by atoms with Crippen molar-refractivity contribution in [3.8, 4) is 34.1 Å². The molecule has 7 rings (SSSR count). The Morgan fingerprint density at radius 2 is 0.534 bits per heavy atom. The Hall–Kier alpha value is -6.20. The van der Waals surface area contributed by atoms with Crippen molar-refractivity contribution < 1.29 is 56.8 Å². The number of ether oxygens (including phenoxy) is 12. The number of rotatable bonds is 34. The smallest absolute Gasteiger partial charge is 0.119 e. The number of hydrogen-bond acceptors (Lipinski definition) is 14. The van der Waals surface area contributed by atoms with E-state index in [-0.39, 0.29) is 0 Å². The monoisotopic (exact) mass is 1000 g/mol. The van der Waals surface area contributed by atoms with Gasteiger partial charge in [-0.3, -0.25) is 0 Å². The zero-order valence-electron chi connectivity index (χ0n) is 43.3. The molecule has 14 heteroatoms. The van der Waals surface area contributed by atoms with E-state index in [4.69, 9.17) is 56.8 Å². The molecule has 0 spiro atoms. The van der Waals surface area contributed by atoms with Crippen molar-refractivity contribution in [2.75, 3.05) is 145 Å². The van der Waals surface area contributed by atoms with Crippen LogP contribution in [0.3, 0.4) is 0 Å². The largest absolute Gasteiger partial charge is 0.497 e. The van der Waals surface area contributed by atoms with E-state index in [1.54, 1.807) is 42.7 Å². The first-order valence-corrected chi connectivity index (χ1v) is 24.9. The summed E-state index contributed by atoms with van der Waals surface area (Å²) in [7, 11) is 10.1. The first kappa shape index (κ1) is 54.6. The Morgan fingerprint density at radius 1 is 0.288 bits per heavy atom. The maximum Gasteiger partial charge on any atom is 0.119 e. The number of benzene rings is 6. The summed E-state index contributed by atoms with van der Waals surface area (Å²) in [5.41, 5.74) is 10.0. The summed E-state index contributed by atoms with van der Waals surface area (Å²) < 4.78 is 68.5. The van der Waals surface area contributed by atoms with Gasteiger partial charge in [-0.2, -0.15) is 0 Å². The van der Waals surface area contributed by atoms with E-state index in [9.17, 15) is 0 Å². The zero-order chi connectivity index (χ0) is 51.1. The van der Waals surface area contributed by atoms with Crippen molar-refractivity contribution in [3.63, 3.8) is 0 Å². The van der Waals surface area contributed by atoms with Crippen LogP contribution in [0.15, 0.2) is 133 Å². The predicted octanol–water partition coefficient (Wildman–Crippen LogP) is 11.1. The molecule has 0 saturated carbocycles. The summed E-state index contributed by atoms with van der Waals surface area (Å²) in [5, 5.41) is 0. The third-order valence-corrected chi connectivity index (χ3v) is 12.9. The van der Waals surface area contributed by atoms with Crippen LogP contribution >= 0.6 is 0 Å². The standard InChI is InChI=1S/C59H72N2O12/c1-62-31-33-70-39-41-72-37-35-68-29-27-59(28-30-69-36-38-73-42-40-71-34-32-63-2)57-43-49(60(45-7-17-51(64-3)18-8-45)46-9-19-52(65-4)20-10-46)15-25-55(57)56-26-16-50(44-58(56)59)61(47-11-21-53(66-5)22-12-47)48-13-23-54(67-6)24-14-48/h7-26,43-44H,27-42H2,1-6H3. The van der Waals surface area contributed by atoms with Gasteiger partial charge in [-0.1, -0.05) is 12.1 Å². The van der Waals surface area contributed by atoms with Crippen LogP contribution in [0.1, 0.15) is 24.0 Å². The van der Waals surface area contributed by atoms with E-state index in [0.717, 1.165) is 68.2 Å². The van der Waals surface area contributed by atoms with Crippen LogP contribution in [-0.2, 0) is 43.3 Å². The number of hydrogen-bond donors (Lipinski definition) is 0. The molecule has 1 aliphatic carbocycles. The van der Waals surface area contributed by atoms with E-state index in [2.05, 4.69) is 94.7 Å². The lowest BCUT2D eigenvalue weighted by Gasteiger charge is -2.34. The van der Waals surface area contributed by atoms with Gasteiger partial charge in [0.1, 0.15) is 23.0 Å². The fourth-order valence-electron chi connectivity index (χ4n) is 9.09. The quantitative estimate of drug-likeness (QED) is 0.0357. The molecule has 390 valence electrons. The molecule has 0 aromatic heterocycles. The summed E-state index contributed by atoms with van der Waals surface area (Å²) in [6.45, 7) is 6.78. The van der Waals surface area contributed by atoms with Crippen molar-refractivity contribution in [1.29, 1.82) is 0 Å². The second kappa shape index (κ2) is 28.9. The van der Waals surface area contributed by atoms with Gasteiger partial charge in [0.25, 0.3) is 0 Å². The van der Waals surface area contributed by atoms with Gasteiger partial charge in [-0.25, -0.2) is 0 Å². The number of nitrogens with zero attached hydrogens (tertiary/aromatic N) is 2. The minimum atomic E-state index is -0.570. The third kappa shape index (κ3) is 14.5. The maximum absolute atomic E-state index is 6.49. The molecule has 0 saturated heterocycles. The highest BCUT2D eigenvalue weighted by molar-refractivity contribution is 5.88. The molecule has 14 nitrogen and oxygen atoms in total. The van der Waals surface area contributed by atoms with Crippen LogP contribution < -0.4 is 28.7 Å². The van der Waals surface area contributed by atoms with E-state index < -0.39 is 5.41 Å². The van der Waals surface area contributed by atoms with Crippen LogP contribution in [0.4, 0.5) is 34.1 Å². The van der Waals surface area contributed by atoms with Gasteiger partial charge in [-0.05, 0) is 156 Å². The molecule has 0 unspecified atom stereocenters. The number of methoxy groups -OCH3 is 6. The molecule has 1 aliphatic rings. The van der Waals surface area contributed by atoms with Crippen LogP contribution in [0.2, 0.25) is 0 Å². The molecule has 0 bridgehead atoms. The van der Waals surface area contributed by atoms with Crippen LogP contribution in [0, 0.1) is 0 Å².